The Balaban J connectivity index is 2.55. The third-order valence-electron chi connectivity index (χ3n) is 2.61. The molecule has 0 saturated carbocycles. The zero-order valence-electron chi connectivity index (χ0n) is 10.4. The van der Waals surface area contributed by atoms with Gasteiger partial charge in [0.05, 0.1) is 12.2 Å². The van der Waals surface area contributed by atoms with Crippen molar-refractivity contribution in [3.8, 4) is 0 Å². The summed E-state index contributed by atoms with van der Waals surface area (Å²) >= 11 is 0. The predicted molar refractivity (Wildman–Crippen MR) is 63.7 cm³/mol. The van der Waals surface area contributed by atoms with Crippen LogP contribution in [0, 0.1) is 6.92 Å². The van der Waals surface area contributed by atoms with Crippen LogP contribution < -0.4 is 0 Å². The first-order valence-electron chi connectivity index (χ1n) is 5.57. The van der Waals surface area contributed by atoms with E-state index in [1.807, 2.05) is 0 Å². The zero-order valence-corrected chi connectivity index (χ0v) is 10.4. The molecule has 2 rings (SSSR count). The smallest absolute Gasteiger partial charge is 0.358 e. The van der Waals surface area contributed by atoms with Crippen molar-refractivity contribution in [2.75, 3.05) is 6.61 Å². The molecule has 0 N–H and O–H groups in total. The lowest BCUT2D eigenvalue weighted by Gasteiger charge is -2.03. The first-order chi connectivity index (χ1) is 8.54. The Morgan fingerprint density at radius 1 is 1.44 bits per heavy atom. The first-order valence-corrected chi connectivity index (χ1v) is 5.57. The average Bonchev–Trinajstić information content (AvgIpc) is 2.74. The van der Waals surface area contributed by atoms with E-state index in [0.29, 0.717) is 17.0 Å². The molecule has 0 aliphatic rings. The molecule has 0 aromatic carbocycles. The van der Waals surface area contributed by atoms with Gasteiger partial charge in [-0.1, -0.05) is 0 Å². The Labute approximate surface area is 104 Å². The molecular formula is C12H13N3O3. The van der Waals surface area contributed by atoms with Crippen molar-refractivity contribution < 1.29 is 14.3 Å². The van der Waals surface area contributed by atoms with Crippen LogP contribution in [0.2, 0.25) is 0 Å². The fourth-order valence-electron chi connectivity index (χ4n) is 1.70. The SMILES string of the molecule is CCOC(=O)c1cn2c(C)c(C(C)=O)cnc2n1. The van der Waals surface area contributed by atoms with Crippen molar-refractivity contribution in [1.29, 1.82) is 0 Å². The first kappa shape index (κ1) is 12.2. The third kappa shape index (κ3) is 1.97. The average molecular weight is 247 g/mol. The van der Waals surface area contributed by atoms with Gasteiger partial charge in [0.1, 0.15) is 0 Å². The van der Waals surface area contributed by atoms with E-state index in [9.17, 15) is 9.59 Å². The monoisotopic (exact) mass is 247 g/mol. The molecule has 0 saturated heterocycles. The summed E-state index contributed by atoms with van der Waals surface area (Å²) in [6, 6.07) is 0. The van der Waals surface area contributed by atoms with Crippen molar-refractivity contribution in [3.63, 3.8) is 0 Å². The number of aryl methyl sites for hydroxylation is 1. The van der Waals surface area contributed by atoms with Crippen molar-refractivity contribution in [2.24, 2.45) is 0 Å². The number of esters is 1. The van der Waals surface area contributed by atoms with Gasteiger partial charge in [-0.3, -0.25) is 9.20 Å². The maximum absolute atomic E-state index is 11.6. The van der Waals surface area contributed by atoms with Crippen LogP contribution in [0.5, 0.6) is 0 Å². The predicted octanol–water partition coefficient (Wildman–Crippen LogP) is 1.42. The van der Waals surface area contributed by atoms with Gasteiger partial charge in [-0.25, -0.2) is 14.8 Å². The van der Waals surface area contributed by atoms with Crippen LogP contribution in [-0.2, 0) is 4.74 Å². The molecule has 0 radical (unpaired) electrons. The fraction of sp³-hybridized carbons (Fsp3) is 0.333. The molecule has 0 spiro atoms. The van der Waals surface area contributed by atoms with Gasteiger partial charge in [-0.15, -0.1) is 0 Å². The van der Waals surface area contributed by atoms with Crippen molar-refractivity contribution >= 4 is 17.5 Å². The van der Waals surface area contributed by atoms with E-state index in [0.717, 1.165) is 0 Å². The van der Waals surface area contributed by atoms with E-state index in [-0.39, 0.29) is 18.1 Å². The highest BCUT2D eigenvalue weighted by Crippen LogP contribution is 2.12. The molecule has 0 amide bonds. The number of hydrogen-bond acceptors (Lipinski definition) is 5. The standard InChI is InChI=1S/C12H13N3O3/c1-4-18-11(17)10-6-15-7(2)9(8(3)16)5-13-12(15)14-10/h5-6H,4H2,1-3H3. The second-order valence-electron chi connectivity index (χ2n) is 3.83. The summed E-state index contributed by atoms with van der Waals surface area (Å²) in [5, 5.41) is 0. The van der Waals surface area contributed by atoms with Crippen LogP contribution in [0.15, 0.2) is 12.4 Å². The highest BCUT2D eigenvalue weighted by Gasteiger charge is 2.15. The number of nitrogens with zero attached hydrogens (tertiary/aromatic N) is 3. The van der Waals surface area contributed by atoms with Crippen molar-refractivity contribution in [1.82, 2.24) is 14.4 Å². The van der Waals surface area contributed by atoms with Gasteiger partial charge in [-0.05, 0) is 20.8 Å². The van der Waals surface area contributed by atoms with Crippen molar-refractivity contribution in [3.05, 3.63) is 29.3 Å². The number of aromatic nitrogens is 3. The Bertz CT molecular complexity index is 631. The molecule has 0 atom stereocenters. The van der Waals surface area contributed by atoms with Crippen LogP contribution in [0.4, 0.5) is 0 Å². The van der Waals surface area contributed by atoms with Gasteiger partial charge < -0.3 is 4.74 Å². The minimum Gasteiger partial charge on any atom is -0.461 e. The second-order valence-corrected chi connectivity index (χ2v) is 3.83. The number of Topliss-reactive ketones (excluding diaryl/α,β-unsaturated/α-hetero) is 1. The number of imidazole rings is 1. The van der Waals surface area contributed by atoms with Crippen LogP contribution >= 0.6 is 0 Å². The topological polar surface area (TPSA) is 73.6 Å². The number of ketones is 1. The summed E-state index contributed by atoms with van der Waals surface area (Å²) in [5.74, 6) is -0.194. The van der Waals surface area contributed by atoms with E-state index in [4.69, 9.17) is 4.74 Å². The van der Waals surface area contributed by atoms with Gasteiger partial charge in [0.15, 0.2) is 11.5 Å². The Hall–Kier alpha value is -2.24. The van der Waals surface area contributed by atoms with Crippen molar-refractivity contribution in [2.45, 2.75) is 20.8 Å². The fourth-order valence-corrected chi connectivity index (χ4v) is 1.70. The van der Waals surface area contributed by atoms with E-state index in [1.165, 1.54) is 19.3 Å². The van der Waals surface area contributed by atoms with Gasteiger partial charge in [0, 0.05) is 18.1 Å². The Morgan fingerprint density at radius 3 is 2.78 bits per heavy atom. The molecule has 0 fully saturated rings. The molecule has 94 valence electrons. The Morgan fingerprint density at radius 2 is 2.17 bits per heavy atom. The lowest BCUT2D eigenvalue weighted by molar-refractivity contribution is 0.0520. The lowest BCUT2D eigenvalue weighted by Crippen LogP contribution is -2.04. The van der Waals surface area contributed by atoms with Crippen LogP contribution in [0.1, 0.15) is 40.4 Å². The van der Waals surface area contributed by atoms with E-state index in [1.54, 1.807) is 18.2 Å². The Kier molecular flexibility index (Phi) is 3.10. The van der Waals surface area contributed by atoms with Gasteiger partial charge in [-0.2, -0.15) is 0 Å². The largest absolute Gasteiger partial charge is 0.461 e. The summed E-state index contributed by atoms with van der Waals surface area (Å²) in [6.45, 7) is 5.27. The molecule has 2 heterocycles. The van der Waals surface area contributed by atoms with E-state index in [2.05, 4.69) is 9.97 Å². The number of hydrogen-bond donors (Lipinski definition) is 0. The minimum atomic E-state index is -0.494. The molecular weight excluding hydrogens is 234 g/mol. The number of ether oxygens (including phenoxy) is 1. The van der Waals surface area contributed by atoms with Gasteiger partial charge in [0.25, 0.3) is 0 Å². The highest BCUT2D eigenvalue weighted by atomic mass is 16.5. The van der Waals surface area contributed by atoms with E-state index >= 15 is 0 Å². The normalized spacial score (nSPS) is 10.6. The zero-order chi connectivity index (χ0) is 13.3. The minimum absolute atomic E-state index is 0.0757. The number of carbonyl (C=O) groups excluding carboxylic acids is 2. The number of carbonyl (C=O) groups is 2. The molecule has 0 bridgehead atoms. The summed E-state index contributed by atoms with van der Waals surface area (Å²) in [7, 11) is 0. The quantitative estimate of drug-likeness (QED) is 0.605. The summed E-state index contributed by atoms with van der Waals surface area (Å²) < 4.78 is 6.48. The maximum Gasteiger partial charge on any atom is 0.358 e. The van der Waals surface area contributed by atoms with Gasteiger partial charge in [0.2, 0.25) is 5.78 Å². The highest BCUT2D eigenvalue weighted by molar-refractivity contribution is 5.95. The van der Waals surface area contributed by atoms with Gasteiger partial charge >= 0.3 is 5.97 Å². The van der Waals surface area contributed by atoms with E-state index < -0.39 is 5.97 Å². The molecule has 0 aliphatic heterocycles. The number of fused-ring (bicyclic) bond motifs is 1. The number of rotatable bonds is 3. The molecule has 18 heavy (non-hydrogen) atoms. The molecule has 2 aromatic rings. The molecule has 2 aromatic heterocycles. The molecule has 6 nitrogen and oxygen atoms in total. The summed E-state index contributed by atoms with van der Waals surface area (Å²) in [5.41, 5.74) is 1.40. The van der Waals surface area contributed by atoms with Crippen LogP contribution in [0.25, 0.3) is 5.78 Å². The van der Waals surface area contributed by atoms with Crippen LogP contribution in [-0.4, -0.2) is 32.7 Å². The lowest BCUT2D eigenvalue weighted by atomic mass is 10.2. The summed E-state index contributed by atoms with van der Waals surface area (Å²) in [6.07, 6.45) is 3.00. The molecule has 0 aliphatic carbocycles. The third-order valence-corrected chi connectivity index (χ3v) is 2.61. The molecule has 0 unspecified atom stereocenters. The second kappa shape index (κ2) is 4.56. The summed E-state index contributed by atoms with van der Waals surface area (Å²) in [4.78, 5) is 31.0. The van der Waals surface area contributed by atoms with Crippen LogP contribution in [0.3, 0.4) is 0 Å². The molecule has 6 heteroatoms. The maximum atomic E-state index is 11.6.